The maximum atomic E-state index is 11.6. The molecule has 2 heterocycles. The summed E-state index contributed by atoms with van der Waals surface area (Å²) in [4.78, 5) is 36.0. The van der Waals surface area contributed by atoms with Crippen molar-refractivity contribution in [2.75, 3.05) is 6.61 Å². The van der Waals surface area contributed by atoms with E-state index < -0.39 is 41.8 Å². The molecule has 0 bridgehead atoms. The van der Waals surface area contributed by atoms with Crippen molar-refractivity contribution in [1.82, 2.24) is 14.8 Å². The first kappa shape index (κ1) is 16.3. The third-order valence-corrected chi connectivity index (χ3v) is 3.18. The lowest BCUT2D eigenvalue weighted by atomic mass is 10.1. The number of aliphatic hydroxyl groups excluding tert-OH is 2. The van der Waals surface area contributed by atoms with Crippen molar-refractivity contribution < 1.29 is 24.5 Å². The molecule has 0 aliphatic carbocycles. The van der Waals surface area contributed by atoms with E-state index in [2.05, 4.69) is 5.10 Å². The highest BCUT2D eigenvalue weighted by Gasteiger charge is 2.45. The lowest BCUT2D eigenvalue weighted by molar-refractivity contribution is -0.154. The number of ether oxygens (including phenoxy) is 2. The zero-order chi connectivity index (χ0) is 16.4. The first-order valence-corrected chi connectivity index (χ1v) is 6.67. The second kappa shape index (κ2) is 6.38. The molecule has 0 radical (unpaired) electrons. The Hall–Kier alpha value is -2.04. The number of aromatic amines is 1. The summed E-state index contributed by atoms with van der Waals surface area (Å²) in [5.74, 6) is -0.823. The van der Waals surface area contributed by atoms with Crippen LogP contribution in [-0.4, -0.2) is 55.9 Å². The van der Waals surface area contributed by atoms with Gasteiger partial charge < -0.3 is 19.7 Å². The first-order valence-electron chi connectivity index (χ1n) is 6.67. The van der Waals surface area contributed by atoms with E-state index in [9.17, 15) is 24.6 Å². The summed E-state index contributed by atoms with van der Waals surface area (Å²) >= 11 is 0. The molecule has 3 N–H and O–H groups in total. The van der Waals surface area contributed by atoms with Crippen LogP contribution in [0.4, 0.5) is 0 Å². The summed E-state index contributed by atoms with van der Waals surface area (Å²) < 4.78 is 11.0. The first-order chi connectivity index (χ1) is 10.3. The Morgan fingerprint density at radius 2 is 2.14 bits per heavy atom. The van der Waals surface area contributed by atoms with E-state index >= 15 is 0 Å². The molecule has 2 unspecified atom stereocenters. The van der Waals surface area contributed by atoms with Gasteiger partial charge in [0.15, 0.2) is 6.23 Å². The molecular weight excluding hydrogens is 298 g/mol. The van der Waals surface area contributed by atoms with Gasteiger partial charge in [-0.2, -0.15) is 9.78 Å². The number of aliphatic hydroxyl groups is 2. The molecule has 122 valence electrons. The van der Waals surface area contributed by atoms with Crippen LogP contribution < -0.4 is 11.2 Å². The van der Waals surface area contributed by atoms with E-state index in [4.69, 9.17) is 9.47 Å². The van der Waals surface area contributed by atoms with E-state index in [0.717, 1.165) is 6.20 Å². The van der Waals surface area contributed by atoms with E-state index in [-0.39, 0.29) is 12.5 Å². The zero-order valence-electron chi connectivity index (χ0n) is 12.0. The molecule has 10 nitrogen and oxygen atoms in total. The van der Waals surface area contributed by atoms with Crippen molar-refractivity contribution in [3.8, 4) is 0 Å². The van der Waals surface area contributed by atoms with Gasteiger partial charge >= 0.3 is 11.7 Å². The number of esters is 1. The molecule has 1 fully saturated rings. The number of hydrogen-bond donors (Lipinski definition) is 3. The predicted molar refractivity (Wildman–Crippen MR) is 70.8 cm³/mol. The Morgan fingerprint density at radius 3 is 2.73 bits per heavy atom. The van der Waals surface area contributed by atoms with Gasteiger partial charge in [-0.25, -0.2) is 4.79 Å². The maximum Gasteiger partial charge on any atom is 0.347 e. The number of H-pyrrole nitrogens is 1. The van der Waals surface area contributed by atoms with Crippen LogP contribution in [0.15, 0.2) is 15.8 Å². The number of hydrogen-bond acceptors (Lipinski definition) is 8. The molecule has 1 aromatic heterocycles. The largest absolute Gasteiger partial charge is 0.463 e. The second-order valence-corrected chi connectivity index (χ2v) is 5.21. The number of nitrogens with one attached hydrogen (secondary N) is 1. The van der Waals surface area contributed by atoms with Gasteiger partial charge in [0.25, 0.3) is 5.56 Å². The number of nitrogens with zero attached hydrogens (tertiary/aromatic N) is 2. The van der Waals surface area contributed by atoms with Gasteiger partial charge in [0.1, 0.15) is 31.1 Å². The monoisotopic (exact) mass is 315 g/mol. The van der Waals surface area contributed by atoms with Crippen LogP contribution in [0.25, 0.3) is 0 Å². The third kappa shape index (κ3) is 3.24. The average molecular weight is 315 g/mol. The summed E-state index contributed by atoms with van der Waals surface area (Å²) in [6, 6.07) is 0. The number of rotatable bonds is 4. The third-order valence-electron chi connectivity index (χ3n) is 3.18. The van der Waals surface area contributed by atoms with Crippen LogP contribution >= 0.6 is 0 Å². The lowest BCUT2D eigenvalue weighted by Gasteiger charge is -2.15. The Kier molecular flexibility index (Phi) is 4.74. The molecule has 1 saturated heterocycles. The lowest BCUT2D eigenvalue weighted by Crippen LogP contribution is -2.39. The fourth-order valence-corrected chi connectivity index (χ4v) is 1.94. The number of carbonyl (C=O) groups is 1. The molecule has 1 aliphatic rings. The highest BCUT2D eigenvalue weighted by Crippen LogP contribution is 2.27. The normalized spacial score (nSPS) is 28.0. The molecule has 0 spiro atoms. The van der Waals surface area contributed by atoms with Crippen molar-refractivity contribution in [2.24, 2.45) is 5.92 Å². The predicted octanol–water partition coefficient (Wildman–Crippen LogP) is -2.25. The molecule has 0 amide bonds. The summed E-state index contributed by atoms with van der Waals surface area (Å²) in [6.45, 7) is 3.02. The minimum absolute atomic E-state index is 0.274. The fourth-order valence-electron chi connectivity index (χ4n) is 1.94. The standard InChI is InChI=1S/C12H17N3O7/c1-5(2)11(19)21-4-6-8(17)9(18)10(22-6)15-12(20)14-7(16)3-13-15/h3,5-6,8-10,17-18H,4H2,1-2H3,(H,14,16,20)/t6-,8?,9?,10-/m1/s1. The molecule has 2 rings (SSSR count). The van der Waals surface area contributed by atoms with Gasteiger partial charge in [0, 0.05) is 0 Å². The van der Waals surface area contributed by atoms with Crippen molar-refractivity contribution in [1.29, 1.82) is 0 Å². The number of carbonyl (C=O) groups excluding carboxylic acids is 1. The SMILES string of the molecule is CC(C)C(=O)OC[C@H]1O[C@@H](n2ncc(=O)[nH]c2=O)C(O)C1O. The Balaban J connectivity index is 2.11. The highest BCUT2D eigenvalue weighted by atomic mass is 16.6. The molecular formula is C12H17N3O7. The Labute approximate surface area is 124 Å². The van der Waals surface area contributed by atoms with E-state index in [0.29, 0.717) is 4.68 Å². The molecule has 10 heteroatoms. The van der Waals surface area contributed by atoms with E-state index in [1.807, 2.05) is 4.98 Å². The Bertz CT molecular complexity index is 653. The quantitative estimate of drug-likeness (QED) is 0.529. The van der Waals surface area contributed by atoms with Crippen LogP contribution in [0.3, 0.4) is 0 Å². The molecule has 0 aromatic carbocycles. The van der Waals surface area contributed by atoms with E-state index in [1.165, 1.54) is 0 Å². The van der Waals surface area contributed by atoms with Gasteiger partial charge in [0.05, 0.1) is 5.92 Å². The summed E-state index contributed by atoms with van der Waals surface area (Å²) in [6.07, 6.45) is -4.29. The van der Waals surface area contributed by atoms with Crippen LogP contribution in [0.5, 0.6) is 0 Å². The summed E-state index contributed by atoms with van der Waals surface area (Å²) in [5.41, 5.74) is -1.58. The molecule has 1 aliphatic heterocycles. The Morgan fingerprint density at radius 1 is 1.45 bits per heavy atom. The number of aromatic nitrogens is 3. The smallest absolute Gasteiger partial charge is 0.347 e. The topological polar surface area (TPSA) is 144 Å². The van der Waals surface area contributed by atoms with Gasteiger partial charge in [-0.15, -0.1) is 0 Å². The van der Waals surface area contributed by atoms with Crippen LogP contribution in [0.2, 0.25) is 0 Å². The second-order valence-electron chi connectivity index (χ2n) is 5.21. The fraction of sp³-hybridized carbons (Fsp3) is 0.667. The van der Waals surface area contributed by atoms with Gasteiger partial charge in [-0.3, -0.25) is 14.6 Å². The van der Waals surface area contributed by atoms with Crippen molar-refractivity contribution >= 4 is 5.97 Å². The van der Waals surface area contributed by atoms with E-state index in [1.54, 1.807) is 13.8 Å². The summed E-state index contributed by atoms with van der Waals surface area (Å²) in [5, 5.41) is 23.4. The summed E-state index contributed by atoms with van der Waals surface area (Å²) in [7, 11) is 0. The van der Waals surface area contributed by atoms with Crippen molar-refractivity contribution in [2.45, 2.75) is 38.4 Å². The molecule has 22 heavy (non-hydrogen) atoms. The zero-order valence-corrected chi connectivity index (χ0v) is 12.0. The minimum Gasteiger partial charge on any atom is -0.463 e. The maximum absolute atomic E-state index is 11.6. The van der Waals surface area contributed by atoms with Crippen molar-refractivity contribution in [3.05, 3.63) is 27.0 Å². The van der Waals surface area contributed by atoms with Crippen LogP contribution in [0.1, 0.15) is 20.1 Å². The van der Waals surface area contributed by atoms with Gasteiger partial charge in [-0.05, 0) is 0 Å². The molecule has 4 atom stereocenters. The highest BCUT2D eigenvalue weighted by molar-refractivity contribution is 5.71. The van der Waals surface area contributed by atoms with Gasteiger partial charge in [0.2, 0.25) is 0 Å². The molecule has 0 saturated carbocycles. The van der Waals surface area contributed by atoms with Crippen LogP contribution in [-0.2, 0) is 14.3 Å². The average Bonchev–Trinajstić information content (AvgIpc) is 2.73. The van der Waals surface area contributed by atoms with Gasteiger partial charge in [-0.1, -0.05) is 13.8 Å². The minimum atomic E-state index is -1.46. The van der Waals surface area contributed by atoms with Crippen molar-refractivity contribution in [3.63, 3.8) is 0 Å². The molecule has 1 aromatic rings. The van der Waals surface area contributed by atoms with Crippen LogP contribution in [0, 0.1) is 5.92 Å².